The Hall–Kier alpha value is -2.26. The summed E-state index contributed by atoms with van der Waals surface area (Å²) in [5.41, 5.74) is 6.21. The summed E-state index contributed by atoms with van der Waals surface area (Å²) in [6.07, 6.45) is -0.556. The van der Waals surface area contributed by atoms with Crippen LogP contribution in [-0.2, 0) is 9.53 Å². The van der Waals surface area contributed by atoms with Crippen molar-refractivity contribution in [2.24, 2.45) is 0 Å². The molecule has 0 bridgehead atoms. The smallest absolute Gasteiger partial charge is 0.260 e. The molecular weight excluding hydrogens is 246 g/mol. The number of para-hydroxylation sites is 2. The molecule has 1 unspecified atom stereocenters. The Morgan fingerprint density at radius 2 is 2.37 bits per heavy atom. The minimum atomic E-state index is -0.556. The average Bonchev–Trinajstić information content (AvgIpc) is 2.46. The van der Waals surface area contributed by atoms with E-state index in [1.807, 2.05) is 6.07 Å². The Balaban J connectivity index is 1.88. The number of carbonyl (C=O) groups excluding carboxylic acids is 1. The van der Waals surface area contributed by atoms with Crippen molar-refractivity contribution in [1.82, 2.24) is 4.90 Å². The second kappa shape index (κ2) is 6.07. The number of nitriles is 1. The molecule has 1 heterocycles. The van der Waals surface area contributed by atoms with Gasteiger partial charge in [-0.2, -0.15) is 5.26 Å². The third kappa shape index (κ3) is 3.36. The summed E-state index contributed by atoms with van der Waals surface area (Å²) in [6.45, 7) is 1.04. The molecule has 2 rings (SSSR count). The molecule has 0 aromatic heterocycles. The quantitative estimate of drug-likeness (QED) is 0.795. The van der Waals surface area contributed by atoms with Crippen molar-refractivity contribution in [3.05, 3.63) is 24.3 Å². The number of ether oxygens (including phenoxy) is 2. The van der Waals surface area contributed by atoms with Gasteiger partial charge in [0.05, 0.1) is 24.9 Å². The van der Waals surface area contributed by atoms with Crippen LogP contribution >= 0.6 is 0 Å². The molecule has 0 aliphatic carbocycles. The first kappa shape index (κ1) is 13.2. The zero-order chi connectivity index (χ0) is 13.7. The van der Waals surface area contributed by atoms with Crippen LogP contribution in [0.3, 0.4) is 0 Å². The number of benzene rings is 1. The van der Waals surface area contributed by atoms with Crippen LogP contribution in [0.2, 0.25) is 0 Å². The fraction of sp³-hybridized carbons (Fsp3) is 0.385. The standard InChI is InChI=1S/C13H15N3O3/c14-7-10-8-16(5-6-18-10)13(17)9-19-12-4-2-1-3-11(12)15/h1-4,10H,5-6,8-9,15H2. The van der Waals surface area contributed by atoms with Gasteiger partial charge in [-0.3, -0.25) is 4.79 Å². The summed E-state index contributed by atoms with van der Waals surface area (Å²) >= 11 is 0. The van der Waals surface area contributed by atoms with Crippen LogP contribution in [-0.4, -0.2) is 43.2 Å². The Labute approximate surface area is 111 Å². The molecule has 1 aromatic rings. The van der Waals surface area contributed by atoms with Crippen LogP contribution in [0.15, 0.2) is 24.3 Å². The van der Waals surface area contributed by atoms with E-state index in [4.69, 9.17) is 20.5 Å². The zero-order valence-electron chi connectivity index (χ0n) is 10.4. The SMILES string of the molecule is N#CC1CN(C(=O)COc2ccccc2N)CCO1. The van der Waals surface area contributed by atoms with Gasteiger partial charge in [0.2, 0.25) is 0 Å². The molecule has 1 aliphatic rings. The fourth-order valence-corrected chi connectivity index (χ4v) is 1.80. The van der Waals surface area contributed by atoms with Crippen LogP contribution < -0.4 is 10.5 Å². The highest BCUT2D eigenvalue weighted by Gasteiger charge is 2.24. The van der Waals surface area contributed by atoms with Crippen molar-refractivity contribution in [2.75, 3.05) is 32.0 Å². The first-order chi connectivity index (χ1) is 9.20. The third-order valence-electron chi connectivity index (χ3n) is 2.83. The molecule has 0 spiro atoms. The first-order valence-electron chi connectivity index (χ1n) is 5.97. The van der Waals surface area contributed by atoms with Crippen molar-refractivity contribution < 1.29 is 14.3 Å². The molecule has 1 amide bonds. The molecule has 6 nitrogen and oxygen atoms in total. The van der Waals surface area contributed by atoms with E-state index < -0.39 is 6.10 Å². The third-order valence-corrected chi connectivity index (χ3v) is 2.83. The summed E-state index contributed by atoms with van der Waals surface area (Å²) in [5, 5.41) is 8.77. The molecule has 1 fully saturated rings. The normalized spacial score (nSPS) is 18.7. The largest absolute Gasteiger partial charge is 0.482 e. The second-order valence-corrected chi connectivity index (χ2v) is 4.15. The lowest BCUT2D eigenvalue weighted by molar-refractivity contribution is -0.139. The number of amides is 1. The predicted molar refractivity (Wildman–Crippen MR) is 68.3 cm³/mol. The van der Waals surface area contributed by atoms with Crippen LogP contribution in [0.25, 0.3) is 0 Å². The minimum Gasteiger partial charge on any atom is -0.482 e. The molecule has 19 heavy (non-hydrogen) atoms. The summed E-state index contributed by atoms with van der Waals surface area (Å²) in [7, 11) is 0. The summed E-state index contributed by atoms with van der Waals surface area (Å²) in [6, 6.07) is 9.00. The van der Waals surface area contributed by atoms with Crippen molar-refractivity contribution in [3.8, 4) is 11.8 Å². The Morgan fingerprint density at radius 1 is 1.58 bits per heavy atom. The number of hydrogen-bond donors (Lipinski definition) is 1. The van der Waals surface area contributed by atoms with Gasteiger partial charge in [-0.05, 0) is 12.1 Å². The fourth-order valence-electron chi connectivity index (χ4n) is 1.80. The minimum absolute atomic E-state index is 0.0909. The maximum Gasteiger partial charge on any atom is 0.260 e. The second-order valence-electron chi connectivity index (χ2n) is 4.15. The number of nitrogens with two attached hydrogens (primary N) is 1. The molecule has 6 heteroatoms. The van der Waals surface area contributed by atoms with Gasteiger partial charge in [0.1, 0.15) is 5.75 Å². The number of rotatable bonds is 3. The van der Waals surface area contributed by atoms with Crippen molar-refractivity contribution in [3.63, 3.8) is 0 Å². The summed E-state index contributed by atoms with van der Waals surface area (Å²) in [4.78, 5) is 13.5. The van der Waals surface area contributed by atoms with Crippen LogP contribution in [0.4, 0.5) is 5.69 Å². The predicted octanol–water partition coefficient (Wildman–Crippen LogP) is 0.399. The molecule has 100 valence electrons. The van der Waals surface area contributed by atoms with Gasteiger partial charge in [0, 0.05) is 6.54 Å². The Kier molecular flexibility index (Phi) is 4.21. The molecule has 1 saturated heterocycles. The van der Waals surface area contributed by atoms with Gasteiger partial charge in [0.15, 0.2) is 12.7 Å². The monoisotopic (exact) mass is 261 g/mol. The van der Waals surface area contributed by atoms with E-state index in [1.54, 1.807) is 29.2 Å². The lowest BCUT2D eigenvalue weighted by Crippen LogP contribution is -2.46. The molecule has 1 aliphatic heterocycles. The lowest BCUT2D eigenvalue weighted by atomic mass is 10.3. The van der Waals surface area contributed by atoms with Crippen molar-refractivity contribution in [1.29, 1.82) is 5.26 Å². The number of nitrogens with zero attached hydrogens (tertiary/aromatic N) is 2. The van der Waals surface area contributed by atoms with Crippen LogP contribution in [0.5, 0.6) is 5.75 Å². The van der Waals surface area contributed by atoms with E-state index in [1.165, 1.54) is 0 Å². The van der Waals surface area contributed by atoms with E-state index in [0.717, 1.165) is 0 Å². The Bertz CT molecular complexity index is 498. The van der Waals surface area contributed by atoms with Gasteiger partial charge in [0.25, 0.3) is 5.91 Å². The van der Waals surface area contributed by atoms with E-state index in [9.17, 15) is 4.79 Å². The highest BCUT2D eigenvalue weighted by Crippen LogP contribution is 2.19. The Morgan fingerprint density at radius 3 is 3.11 bits per heavy atom. The highest BCUT2D eigenvalue weighted by atomic mass is 16.5. The molecule has 2 N–H and O–H groups in total. The topological polar surface area (TPSA) is 88.6 Å². The van der Waals surface area contributed by atoms with Gasteiger partial charge in [-0.15, -0.1) is 0 Å². The van der Waals surface area contributed by atoms with Gasteiger partial charge >= 0.3 is 0 Å². The maximum absolute atomic E-state index is 11.9. The van der Waals surface area contributed by atoms with Crippen LogP contribution in [0, 0.1) is 11.3 Å². The first-order valence-corrected chi connectivity index (χ1v) is 5.97. The van der Waals surface area contributed by atoms with Crippen LogP contribution in [0.1, 0.15) is 0 Å². The number of morpholine rings is 1. The van der Waals surface area contributed by atoms with Gasteiger partial charge in [-0.25, -0.2) is 0 Å². The maximum atomic E-state index is 11.9. The van der Waals surface area contributed by atoms with Crippen molar-refractivity contribution >= 4 is 11.6 Å². The van der Waals surface area contributed by atoms with E-state index >= 15 is 0 Å². The number of anilines is 1. The van der Waals surface area contributed by atoms with E-state index in [-0.39, 0.29) is 19.1 Å². The number of carbonyl (C=O) groups is 1. The molecular formula is C13H15N3O3. The van der Waals surface area contributed by atoms with E-state index in [2.05, 4.69) is 0 Å². The molecule has 0 saturated carbocycles. The van der Waals surface area contributed by atoms with Crippen molar-refractivity contribution in [2.45, 2.75) is 6.10 Å². The molecule has 1 aromatic carbocycles. The molecule has 0 radical (unpaired) electrons. The highest BCUT2D eigenvalue weighted by molar-refractivity contribution is 5.78. The number of hydrogen-bond acceptors (Lipinski definition) is 5. The number of nitrogen functional groups attached to an aromatic ring is 1. The lowest BCUT2D eigenvalue weighted by Gasteiger charge is -2.29. The van der Waals surface area contributed by atoms with E-state index in [0.29, 0.717) is 24.6 Å². The molecule has 1 atom stereocenters. The summed E-state index contributed by atoms with van der Waals surface area (Å²) < 4.78 is 10.6. The zero-order valence-corrected chi connectivity index (χ0v) is 10.4. The van der Waals surface area contributed by atoms with Gasteiger partial charge in [-0.1, -0.05) is 12.1 Å². The average molecular weight is 261 g/mol. The summed E-state index contributed by atoms with van der Waals surface area (Å²) in [5.74, 6) is 0.313. The van der Waals surface area contributed by atoms with Gasteiger partial charge < -0.3 is 20.1 Å².